The molecule has 3 amide bonds. The third kappa shape index (κ3) is 5.98. The number of anilines is 1. The van der Waals surface area contributed by atoms with Gasteiger partial charge in [-0.3, -0.25) is 4.79 Å². The summed E-state index contributed by atoms with van der Waals surface area (Å²) in [6, 6.07) is 5.92. The van der Waals surface area contributed by atoms with E-state index in [1.165, 1.54) is 0 Å². The van der Waals surface area contributed by atoms with Crippen molar-refractivity contribution in [3.05, 3.63) is 28.7 Å². The van der Waals surface area contributed by atoms with Gasteiger partial charge in [-0.15, -0.1) is 0 Å². The van der Waals surface area contributed by atoms with E-state index in [1.54, 1.807) is 23.9 Å². The summed E-state index contributed by atoms with van der Waals surface area (Å²) < 4.78 is 0.869. The van der Waals surface area contributed by atoms with Gasteiger partial charge in [-0.25, -0.2) is 4.79 Å². The molecule has 0 bridgehead atoms. The van der Waals surface area contributed by atoms with Gasteiger partial charge >= 0.3 is 6.03 Å². The van der Waals surface area contributed by atoms with Crippen LogP contribution in [0.3, 0.4) is 0 Å². The predicted molar refractivity (Wildman–Crippen MR) is 82.3 cm³/mol. The Kier molecular flexibility index (Phi) is 6.72. The van der Waals surface area contributed by atoms with E-state index in [2.05, 4.69) is 26.6 Å². The fourth-order valence-corrected chi connectivity index (χ4v) is 2.34. The summed E-state index contributed by atoms with van der Waals surface area (Å²) in [5.41, 5.74) is 5.74. The molecule has 0 fully saturated rings. The quantitative estimate of drug-likeness (QED) is 0.738. The molecule has 0 saturated heterocycles. The van der Waals surface area contributed by atoms with Gasteiger partial charge in [-0.2, -0.15) is 11.8 Å². The molecule has 0 aliphatic rings. The van der Waals surface area contributed by atoms with Crippen molar-refractivity contribution >= 4 is 45.3 Å². The van der Waals surface area contributed by atoms with Gasteiger partial charge in [0.1, 0.15) is 6.04 Å². The predicted octanol–water partition coefficient (Wildman–Crippen LogP) is 2.18. The molecule has 5 nitrogen and oxygen atoms in total. The topological polar surface area (TPSA) is 84.2 Å². The fourth-order valence-electron chi connectivity index (χ4n) is 1.47. The van der Waals surface area contributed by atoms with Gasteiger partial charge < -0.3 is 16.4 Å². The molecule has 19 heavy (non-hydrogen) atoms. The molecule has 0 saturated carbocycles. The molecule has 1 aromatic carbocycles. The summed E-state index contributed by atoms with van der Waals surface area (Å²) in [5.74, 6) is 0.488. The number of primary amides is 1. The first-order valence-electron chi connectivity index (χ1n) is 5.64. The van der Waals surface area contributed by atoms with Crippen LogP contribution in [0.15, 0.2) is 28.7 Å². The Morgan fingerprint density at radius 2 is 2.21 bits per heavy atom. The van der Waals surface area contributed by atoms with Crippen molar-refractivity contribution in [2.75, 3.05) is 17.3 Å². The van der Waals surface area contributed by atoms with Crippen LogP contribution in [-0.2, 0) is 4.79 Å². The SMILES string of the molecule is CSCC[C@@H](NC(N)=O)C(=O)Nc1cccc(Br)c1. The zero-order chi connectivity index (χ0) is 14.3. The van der Waals surface area contributed by atoms with Gasteiger partial charge in [0, 0.05) is 10.2 Å². The highest BCUT2D eigenvalue weighted by atomic mass is 79.9. The maximum atomic E-state index is 12.1. The number of carbonyl (C=O) groups is 2. The molecule has 7 heteroatoms. The normalized spacial score (nSPS) is 11.7. The second-order valence-electron chi connectivity index (χ2n) is 3.84. The van der Waals surface area contributed by atoms with Gasteiger partial charge in [0.25, 0.3) is 0 Å². The molecule has 1 atom stereocenters. The summed E-state index contributed by atoms with van der Waals surface area (Å²) in [6.45, 7) is 0. The Bertz CT molecular complexity index is 456. The number of amides is 3. The molecule has 0 unspecified atom stereocenters. The smallest absolute Gasteiger partial charge is 0.312 e. The Labute approximate surface area is 124 Å². The summed E-state index contributed by atoms with van der Waals surface area (Å²) in [7, 11) is 0. The number of nitrogens with two attached hydrogens (primary N) is 1. The maximum Gasteiger partial charge on any atom is 0.312 e. The number of benzene rings is 1. The van der Waals surface area contributed by atoms with Crippen LogP contribution in [-0.4, -0.2) is 30.0 Å². The number of urea groups is 1. The fraction of sp³-hybridized carbons (Fsp3) is 0.333. The average molecular weight is 346 g/mol. The van der Waals surface area contributed by atoms with E-state index in [9.17, 15) is 9.59 Å². The van der Waals surface area contributed by atoms with Crippen LogP contribution in [0.5, 0.6) is 0 Å². The van der Waals surface area contributed by atoms with Crippen LogP contribution in [0.1, 0.15) is 6.42 Å². The monoisotopic (exact) mass is 345 g/mol. The Morgan fingerprint density at radius 1 is 1.47 bits per heavy atom. The van der Waals surface area contributed by atoms with Crippen molar-refractivity contribution in [1.82, 2.24) is 5.32 Å². The number of rotatable bonds is 6. The number of carbonyl (C=O) groups excluding carboxylic acids is 2. The lowest BCUT2D eigenvalue weighted by Crippen LogP contribution is -2.46. The van der Waals surface area contributed by atoms with E-state index in [0.717, 1.165) is 10.2 Å². The summed E-state index contributed by atoms with van der Waals surface area (Å²) >= 11 is 4.93. The van der Waals surface area contributed by atoms with Gasteiger partial charge in [-0.05, 0) is 36.6 Å². The Morgan fingerprint density at radius 3 is 2.79 bits per heavy atom. The first-order valence-corrected chi connectivity index (χ1v) is 7.83. The molecular weight excluding hydrogens is 330 g/mol. The van der Waals surface area contributed by atoms with Crippen LogP contribution in [0, 0.1) is 0 Å². The summed E-state index contributed by atoms with van der Waals surface area (Å²) in [5, 5.41) is 5.20. The zero-order valence-electron chi connectivity index (χ0n) is 10.5. The van der Waals surface area contributed by atoms with Crippen LogP contribution >= 0.6 is 27.7 Å². The lowest BCUT2D eigenvalue weighted by atomic mass is 10.2. The van der Waals surface area contributed by atoms with E-state index < -0.39 is 12.1 Å². The second-order valence-corrected chi connectivity index (χ2v) is 5.74. The van der Waals surface area contributed by atoms with E-state index in [4.69, 9.17) is 5.73 Å². The van der Waals surface area contributed by atoms with Gasteiger partial charge in [0.05, 0.1) is 0 Å². The average Bonchev–Trinajstić information content (AvgIpc) is 2.34. The van der Waals surface area contributed by atoms with Crippen LogP contribution in [0.25, 0.3) is 0 Å². The minimum absolute atomic E-state index is 0.272. The number of halogens is 1. The number of thioether (sulfide) groups is 1. The molecule has 0 aliphatic carbocycles. The third-order valence-electron chi connectivity index (χ3n) is 2.34. The van der Waals surface area contributed by atoms with Gasteiger partial charge in [0.15, 0.2) is 0 Å². The number of nitrogens with one attached hydrogen (secondary N) is 2. The second kappa shape index (κ2) is 8.06. The molecule has 104 valence electrons. The number of hydrogen-bond acceptors (Lipinski definition) is 3. The molecule has 0 radical (unpaired) electrons. The van der Waals surface area contributed by atoms with E-state index in [0.29, 0.717) is 12.1 Å². The molecule has 0 spiro atoms. The Hall–Kier alpha value is -1.21. The molecule has 1 rings (SSSR count). The molecule has 0 heterocycles. The number of hydrogen-bond donors (Lipinski definition) is 3. The van der Waals surface area contributed by atoms with E-state index >= 15 is 0 Å². The molecule has 1 aromatic rings. The molecular formula is C12H16BrN3O2S. The van der Waals surface area contributed by atoms with Crippen molar-refractivity contribution in [3.63, 3.8) is 0 Å². The lowest BCUT2D eigenvalue weighted by molar-refractivity contribution is -0.117. The Balaban J connectivity index is 2.67. The van der Waals surface area contributed by atoms with Crippen LogP contribution < -0.4 is 16.4 Å². The van der Waals surface area contributed by atoms with E-state index in [1.807, 2.05) is 18.4 Å². The third-order valence-corrected chi connectivity index (χ3v) is 3.47. The molecule has 4 N–H and O–H groups in total. The van der Waals surface area contributed by atoms with Crippen LogP contribution in [0.4, 0.5) is 10.5 Å². The zero-order valence-corrected chi connectivity index (χ0v) is 12.9. The minimum Gasteiger partial charge on any atom is -0.352 e. The van der Waals surface area contributed by atoms with Crippen molar-refractivity contribution in [1.29, 1.82) is 0 Å². The first-order chi connectivity index (χ1) is 9.02. The van der Waals surface area contributed by atoms with Crippen molar-refractivity contribution in [3.8, 4) is 0 Å². The molecule has 0 aliphatic heterocycles. The van der Waals surface area contributed by atoms with Crippen molar-refractivity contribution in [2.45, 2.75) is 12.5 Å². The first kappa shape index (κ1) is 15.8. The highest BCUT2D eigenvalue weighted by Crippen LogP contribution is 2.16. The molecule has 0 aromatic heterocycles. The maximum absolute atomic E-state index is 12.1. The van der Waals surface area contributed by atoms with Crippen molar-refractivity contribution < 1.29 is 9.59 Å². The highest BCUT2D eigenvalue weighted by molar-refractivity contribution is 9.10. The van der Waals surface area contributed by atoms with Crippen LogP contribution in [0.2, 0.25) is 0 Å². The van der Waals surface area contributed by atoms with Gasteiger partial charge in [0.2, 0.25) is 5.91 Å². The van der Waals surface area contributed by atoms with Crippen molar-refractivity contribution in [2.24, 2.45) is 5.73 Å². The standard InChI is InChI=1S/C12H16BrN3O2S/c1-19-6-5-10(16-12(14)18)11(17)15-9-4-2-3-8(13)7-9/h2-4,7,10H,5-6H2,1H3,(H,15,17)(H3,14,16,18)/t10-/m1/s1. The minimum atomic E-state index is -0.699. The highest BCUT2D eigenvalue weighted by Gasteiger charge is 2.19. The van der Waals surface area contributed by atoms with E-state index in [-0.39, 0.29) is 5.91 Å². The summed E-state index contributed by atoms with van der Waals surface area (Å²) in [4.78, 5) is 23.0. The largest absolute Gasteiger partial charge is 0.352 e. The summed E-state index contributed by atoms with van der Waals surface area (Å²) in [6.07, 6.45) is 2.47. The lowest BCUT2D eigenvalue weighted by Gasteiger charge is -2.16. The van der Waals surface area contributed by atoms with Gasteiger partial charge in [-0.1, -0.05) is 22.0 Å².